The average Bonchev–Trinajstić information content (AvgIpc) is 2.65. The minimum Gasteiger partial charge on any atom is -0.497 e. The Balaban J connectivity index is 2.31. The van der Waals surface area contributed by atoms with Gasteiger partial charge >= 0.3 is 0 Å². The maximum Gasteiger partial charge on any atom is 0.264 e. The first-order valence-corrected chi connectivity index (χ1v) is 9.38. The Bertz CT molecular complexity index is 906. The van der Waals surface area contributed by atoms with Crippen LogP contribution in [0.4, 0.5) is 5.69 Å². The number of hydrogen-bond acceptors (Lipinski definition) is 4. The minimum absolute atomic E-state index is 0.160. The molecule has 0 unspecified atom stereocenters. The number of nitrogens with zero attached hydrogens (tertiary/aromatic N) is 1. The highest BCUT2D eigenvalue weighted by Gasteiger charge is 2.23. The van der Waals surface area contributed by atoms with Crippen molar-refractivity contribution in [2.45, 2.75) is 11.8 Å². The first kappa shape index (κ1) is 19.5. The second-order valence-electron chi connectivity index (χ2n) is 5.65. The molecule has 0 saturated heterocycles. The summed E-state index contributed by atoms with van der Waals surface area (Å²) in [4.78, 5) is 12.2. The molecule has 0 saturated carbocycles. The lowest BCUT2D eigenvalue weighted by atomic mass is 10.1. The third-order valence-electron chi connectivity index (χ3n) is 3.92. The Morgan fingerprint density at radius 3 is 2.42 bits per heavy atom. The molecule has 0 aliphatic carbocycles. The summed E-state index contributed by atoms with van der Waals surface area (Å²) in [6.45, 7) is 5.68. The maximum absolute atomic E-state index is 12.8. The van der Waals surface area contributed by atoms with E-state index in [9.17, 15) is 13.2 Å². The molecule has 0 atom stereocenters. The molecule has 2 aromatic rings. The van der Waals surface area contributed by atoms with Crippen LogP contribution in [0, 0.1) is 6.92 Å². The van der Waals surface area contributed by atoms with Gasteiger partial charge in [-0.3, -0.25) is 9.10 Å². The van der Waals surface area contributed by atoms with Crippen molar-refractivity contribution in [3.63, 3.8) is 0 Å². The fourth-order valence-electron chi connectivity index (χ4n) is 2.45. The van der Waals surface area contributed by atoms with Gasteiger partial charge in [0.1, 0.15) is 5.75 Å². The van der Waals surface area contributed by atoms with E-state index in [1.807, 2.05) is 0 Å². The molecule has 6 nitrogen and oxygen atoms in total. The number of benzene rings is 2. The van der Waals surface area contributed by atoms with Crippen molar-refractivity contribution >= 4 is 21.6 Å². The number of carbonyl (C=O) groups is 1. The summed E-state index contributed by atoms with van der Waals surface area (Å²) in [5.74, 6) is 0.345. The van der Waals surface area contributed by atoms with Crippen LogP contribution >= 0.6 is 0 Å². The van der Waals surface area contributed by atoms with Crippen LogP contribution in [0.5, 0.6) is 5.75 Å². The van der Waals surface area contributed by atoms with Crippen LogP contribution in [0.3, 0.4) is 0 Å². The molecule has 7 heteroatoms. The second-order valence-corrected chi connectivity index (χ2v) is 7.62. The van der Waals surface area contributed by atoms with Gasteiger partial charge in [-0.25, -0.2) is 8.42 Å². The molecule has 0 aliphatic rings. The average molecular weight is 374 g/mol. The highest BCUT2D eigenvalue weighted by atomic mass is 32.2. The van der Waals surface area contributed by atoms with Crippen molar-refractivity contribution in [2.24, 2.45) is 0 Å². The summed E-state index contributed by atoms with van der Waals surface area (Å²) in [5, 5.41) is 2.69. The smallest absolute Gasteiger partial charge is 0.264 e. The summed E-state index contributed by atoms with van der Waals surface area (Å²) < 4.78 is 31.9. The molecule has 2 rings (SSSR count). The molecule has 0 aliphatic heterocycles. The molecule has 2 aromatic carbocycles. The number of aryl methyl sites for hydroxylation is 1. The summed E-state index contributed by atoms with van der Waals surface area (Å²) in [5.41, 5.74) is 1.64. The molecular formula is C19H22N2O4S. The number of anilines is 1. The van der Waals surface area contributed by atoms with Crippen molar-refractivity contribution in [2.75, 3.05) is 25.0 Å². The number of nitrogens with one attached hydrogen (secondary N) is 1. The highest BCUT2D eigenvalue weighted by Crippen LogP contribution is 2.27. The van der Waals surface area contributed by atoms with Gasteiger partial charge in [-0.15, -0.1) is 6.58 Å². The van der Waals surface area contributed by atoms with Crippen molar-refractivity contribution in [1.82, 2.24) is 5.32 Å². The highest BCUT2D eigenvalue weighted by molar-refractivity contribution is 7.92. The van der Waals surface area contributed by atoms with E-state index in [2.05, 4.69) is 11.9 Å². The van der Waals surface area contributed by atoms with E-state index < -0.39 is 10.0 Å². The molecule has 0 radical (unpaired) electrons. The van der Waals surface area contributed by atoms with Gasteiger partial charge in [0.15, 0.2) is 0 Å². The third-order valence-corrected chi connectivity index (χ3v) is 5.71. The number of rotatable bonds is 7. The SMILES string of the molecule is C=CCNC(=O)c1ccc(N(C)S(=O)(=O)c2ccc(OC)cc2)c(C)c1. The number of methoxy groups -OCH3 is 1. The van der Waals surface area contributed by atoms with Gasteiger partial charge in [-0.1, -0.05) is 6.08 Å². The molecule has 0 heterocycles. The van der Waals surface area contributed by atoms with E-state index in [4.69, 9.17) is 4.74 Å². The molecule has 0 aromatic heterocycles. The first-order valence-electron chi connectivity index (χ1n) is 7.94. The van der Waals surface area contributed by atoms with Crippen LogP contribution in [-0.2, 0) is 10.0 Å². The summed E-state index contributed by atoms with van der Waals surface area (Å²) in [7, 11) is -0.718. The Labute approximate surface area is 154 Å². The van der Waals surface area contributed by atoms with E-state index in [0.717, 1.165) is 0 Å². The third kappa shape index (κ3) is 4.05. The van der Waals surface area contributed by atoms with Gasteiger partial charge in [0, 0.05) is 19.2 Å². The van der Waals surface area contributed by atoms with Gasteiger partial charge < -0.3 is 10.1 Å². The van der Waals surface area contributed by atoms with Crippen LogP contribution in [-0.4, -0.2) is 35.0 Å². The van der Waals surface area contributed by atoms with E-state index >= 15 is 0 Å². The number of hydrogen-bond donors (Lipinski definition) is 1. The zero-order chi connectivity index (χ0) is 19.3. The Kier molecular flexibility index (Phi) is 6.05. The van der Waals surface area contributed by atoms with Crippen LogP contribution in [0.2, 0.25) is 0 Å². The summed E-state index contributed by atoms with van der Waals surface area (Å²) >= 11 is 0. The molecular weight excluding hydrogens is 352 g/mol. The van der Waals surface area contributed by atoms with Gasteiger partial charge in [0.05, 0.1) is 17.7 Å². The molecule has 1 N–H and O–H groups in total. The first-order chi connectivity index (χ1) is 12.3. The summed E-state index contributed by atoms with van der Waals surface area (Å²) in [6.07, 6.45) is 1.59. The van der Waals surface area contributed by atoms with Crippen LogP contribution in [0.25, 0.3) is 0 Å². The fraction of sp³-hybridized carbons (Fsp3) is 0.211. The van der Waals surface area contributed by atoms with E-state index in [1.54, 1.807) is 43.3 Å². The molecule has 0 spiro atoms. The molecule has 0 fully saturated rings. The predicted molar refractivity (Wildman–Crippen MR) is 102 cm³/mol. The van der Waals surface area contributed by atoms with Crippen LogP contribution in [0.1, 0.15) is 15.9 Å². The predicted octanol–water partition coefficient (Wildman–Crippen LogP) is 2.74. The largest absolute Gasteiger partial charge is 0.497 e. The number of carbonyl (C=O) groups excluding carboxylic acids is 1. The van der Waals surface area contributed by atoms with Crippen molar-refractivity contribution < 1.29 is 17.9 Å². The van der Waals surface area contributed by atoms with E-state index in [-0.39, 0.29) is 10.8 Å². The Hall–Kier alpha value is -2.80. The van der Waals surface area contributed by atoms with Gasteiger partial charge in [-0.2, -0.15) is 0 Å². The lowest BCUT2D eigenvalue weighted by Gasteiger charge is -2.22. The molecule has 26 heavy (non-hydrogen) atoms. The van der Waals surface area contributed by atoms with E-state index in [1.165, 1.54) is 30.6 Å². The van der Waals surface area contributed by atoms with Crippen molar-refractivity contribution in [3.8, 4) is 5.75 Å². The van der Waals surface area contributed by atoms with Crippen LogP contribution in [0.15, 0.2) is 60.0 Å². The minimum atomic E-state index is -3.72. The van der Waals surface area contributed by atoms with Gasteiger partial charge in [0.25, 0.3) is 15.9 Å². The standard InChI is InChI=1S/C19H22N2O4S/c1-5-12-20-19(22)15-6-11-18(14(2)13-15)21(3)26(23,24)17-9-7-16(25-4)8-10-17/h5-11,13H,1,12H2,2-4H3,(H,20,22). The zero-order valence-electron chi connectivity index (χ0n) is 15.0. The van der Waals surface area contributed by atoms with Crippen molar-refractivity contribution in [1.29, 1.82) is 0 Å². The lowest BCUT2D eigenvalue weighted by molar-refractivity contribution is 0.0958. The number of ether oxygens (including phenoxy) is 1. The zero-order valence-corrected chi connectivity index (χ0v) is 15.8. The number of sulfonamides is 1. The van der Waals surface area contributed by atoms with Crippen molar-refractivity contribution in [3.05, 3.63) is 66.2 Å². The monoisotopic (exact) mass is 374 g/mol. The Morgan fingerprint density at radius 2 is 1.88 bits per heavy atom. The molecule has 138 valence electrons. The topological polar surface area (TPSA) is 75.7 Å². The fourth-order valence-corrected chi connectivity index (χ4v) is 3.71. The Morgan fingerprint density at radius 1 is 1.23 bits per heavy atom. The molecule has 1 amide bonds. The summed E-state index contributed by atoms with van der Waals surface area (Å²) in [6, 6.07) is 11.1. The van der Waals surface area contributed by atoms with Gasteiger partial charge in [-0.05, 0) is 55.0 Å². The quantitative estimate of drug-likeness (QED) is 0.756. The normalized spacial score (nSPS) is 10.9. The second kappa shape index (κ2) is 8.05. The van der Waals surface area contributed by atoms with Gasteiger partial charge in [0.2, 0.25) is 0 Å². The lowest BCUT2D eigenvalue weighted by Crippen LogP contribution is -2.28. The number of amides is 1. The van der Waals surface area contributed by atoms with E-state index in [0.29, 0.717) is 29.1 Å². The molecule has 0 bridgehead atoms. The maximum atomic E-state index is 12.8. The van der Waals surface area contributed by atoms with Crippen LogP contribution < -0.4 is 14.4 Å².